The van der Waals surface area contributed by atoms with Crippen LogP contribution in [0.15, 0.2) is 23.0 Å². The van der Waals surface area contributed by atoms with Gasteiger partial charge in [0.15, 0.2) is 0 Å². The van der Waals surface area contributed by atoms with Crippen LogP contribution in [0.4, 0.5) is 4.39 Å². The highest BCUT2D eigenvalue weighted by Crippen LogP contribution is 2.25. The monoisotopic (exact) mass is 320 g/mol. The van der Waals surface area contributed by atoms with Crippen LogP contribution >= 0.6 is 0 Å². The third-order valence-corrected chi connectivity index (χ3v) is 4.49. The first-order valence-corrected chi connectivity index (χ1v) is 7.90. The number of nitrogens with one attached hydrogen (secondary N) is 2. The Hall–Kier alpha value is -2.15. The molecule has 7 heteroatoms. The maximum Gasteiger partial charge on any atom is 0.326 e. The number of piperidine rings is 1. The number of carbonyl (C=O) groups excluding carboxylic acids is 1. The van der Waals surface area contributed by atoms with Crippen LogP contribution in [-0.4, -0.2) is 46.5 Å². The number of benzene rings is 1. The number of nitrogens with zero attached hydrogens (tertiary/aromatic N) is 2. The summed E-state index contributed by atoms with van der Waals surface area (Å²) in [5, 5.41) is 2.75. The van der Waals surface area contributed by atoms with Gasteiger partial charge in [0.2, 0.25) is 6.41 Å². The summed E-state index contributed by atoms with van der Waals surface area (Å²) in [7, 11) is 0. The molecule has 2 N–H and O–H groups in total. The van der Waals surface area contributed by atoms with E-state index >= 15 is 0 Å². The van der Waals surface area contributed by atoms with E-state index in [0.717, 1.165) is 44.4 Å². The van der Waals surface area contributed by atoms with Gasteiger partial charge in [0.05, 0.1) is 11.0 Å². The van der Waals surface area contributed by atoms with Crippen molar-refractivity contribution in [2.75, 3.05) is 19.6 Å². The molecule has 0 aliphatic carbocycles. The first kappa shape index (κ1) is 15.7. The second-order valence-corrected chi connectivity index (χ2v) is 6.18. The standard InChI is InChI=1S/C16H21FN4O2/c1-11(18-10-22)9-20-6-4-13(5-7-20)21-15-3-2-12(17)8-14(15)19-16(21)23/h2-3,8,10-11,13H,4-7,9H2,1H3,(H,18,22)(H,19,23). The Balaban J connectivity index is 1.72. The van der Waals surface area contributed by atoms with Crippen LogP contribution in [0, 0.1) is 5.82 Å². The molecule has 6 nitrogen and oxygen atoms in total. The second kappa shape index (κ2) is 6.54. The van der Waals surface area contributed by atoms with Gasteiger partial charge >= 0.3 is 5.69 Å². The molecule has 1 unspecified atom stereocenters. The van der Waals surface area contributed by atoms with Crippen LogP contribution < -0.4 is 11.0 Å². The van der Waals surface area contributed by atoms with Crippen LogP contribution in [0.5, 0.6) is 0 Å². The average Bonchev–Trinajstić information content (AvgIpc) is 2.83. The van der Waals surface area contributed by atoms with Gasteiger partial charge in [0.1, 0.15) is 5.82 Å². The van der Waals surface area contributed by atoms with E-state index in [1.807, 2.05) is 6.92 Å². The molecule has 1 aromatic heterocycles. The molecule has 0 saturated carbocycles. The van der Waals surface area contributed by atoms with Crippen molar-refractivity contribution in [1.29, 1.82) is 0 Å². The topological polar surface area (TPSA) is 70.1 Å². The molecule has 3 rings (SSSR count). The molecule has 1 amide bonds. The second-order valence-electron chi connectivity index (χ2n) is 6.18. The fraction of sp³-hybridized carbons (Fsp3) is 0.500. The third kappa shape index (κ3) is 3.29. The molecule has 1 aliphatic heterocycles. The Morgan fingerprint density at radius 3 is 2.87 bits per heavy atom. The minimum absolute atomic E-state index is 0.114. The highest BCUT2D eigenvalue weighted by Gasteiger charge is 2.24. The summed E-state index contributed by atoms with van der Waals surface area (Å²) >= 11 is 0. The van der Waals surface area contributed by atoms with Crippen LogP contribution in [0.25, 0.3) is 11.0 Å². The SMILES string of the molecule is CC(CN1CCC(n2c(=O)[nH]c3cc(F)ccc32)CC1)NC=O. The van der Waals surface area contributed by atoms with Gasteiger partial charge in [-0.05, 0) is 38.0 Å². The maximum atomic E-state index is 13.3. The van der Waals surface area contributed by atoms with Gasteiger partial charge in [-0.25, -0.2) is 9.18 Å². The normalized spacial score (nSPS) is 18.2. The zero-order valence-electron chi connectivity index (χ0n) is 13.1. The Morgan fingerprint density at radius 2 is 2.17 bits per heavy atom. The number of likely N-dealkylation sites (tertiary alicyclic amines) is 1. The van der Waals surface area contributed by atoms with E-state index < -0.39 is 0 Å². The summed E-state index contributed by atoms with van der Waals surface area (Å²) in [5.41, 5.74) is 1.12. The lowest BCUT2D eigenvalue weighted by Gasteiger charge is -2.33. The van der Waals surface area contributed by atoms with Crippen molar-refractivity contribution in [1.82, 2.24) is 19.8 Å². The largest absolute Gasteiger partial charge is 0.355 e. The van der Waals surface area contributed by atoms with Crippen molar-refractivity contribution in [3.63, 3.8) is 0 Å². The number of rotatable bonds is 5. The molecule has 0 radical (unpaired) electrons. The number of aromatic nitrogens is 2. The van der Waals surface area contributed by atoms with Gasteiger partial charge < -0.3 is 15.2 Å². The van der Waals surface area contributed by atoms with E-state index in [4.69, 9.17) is 0 Å². The molecule has 1 aromatic carbocycles. The highest BCUT2D eigenvalue weighted by atomic mass is 19.1. The maximum absolute atomic E-state index is 13.3. The van der Waals surface area contributed by atoms with Crippen molar-refractivity contribution in [3.05, 3.63) is 34.5 Å². The van der Waals surface area contributed by atoms with E-state index in [-0.39, 0.29) is 23.6 Å². The number of aromatic amines is 1. The van der Waals surface area contributed by atoms with Crippen LogP contribution in [-0.2, 0) is 4.79 Å². The van der Waals surface area contributed by atoms with Crippen LogP contribution in [0.2, 0.25) is 0 Å². The molecule has 1 atom stereocenters. The van der Waals surface area contributed by atoms with Crippen LogP contribution in [0.1, 0.15) is 25.8 Å². The molecule has 0 bridgehead atoms. The zero-order valence-corrected chi connectivity index (χ0v) is 13.1. The first-order chi connectivity index (χ1) is 11.1. The number of fused-ring (bicyclic) bond motifs is 1. The Morgan fingerprint density at radius 1 is 1.43 bits per heavy atom. The predicted octanol–water partition coefficient (Wildman–Crippen LogP) is 1.24. The molecular weight excluding hydrogens is 299 g/mol. The Bertz CT molecular complexity index is 746. The summed E-state index contributed by atoms with van der Waals surface area (Å²) in [4.78, 5) is 27.7. The van der Waals surface area contributed by atoms with E-state index in [0.29, 0.717) is 5.52 Å². The van der Waals surface area contributed by atoms with Gasteiger partial charge in [0.25, 0.3) is 0 Å². The minimum Gasteiger partial charge on any atom is -0.355 e. The van der Waals surface area contributed by atoms with Crippen molar-refractivity contribution in [2.24, 2.45) is 0 Å². The number of H-pyrrole nitrogens is 1. The lowest BCUT2D eigenvalue weighted by Crippen LogP contribution is -2.43. The van der Waals surface area contributed by atoms with Gasteiger partial charge in [-0.3, -0.25) is 9.36 Å². The summed E-state index contributed by atoms with van der Waals surface area (Å²) in [6, 6.07) is 4.63. The molecule has 1 aliphatic rings. The number of halogens is 1. The van der Waals surface area contributed by atoms with Gasteiger partial charge in [-0.15, -0.1) is 0 Å². The minimum atomic E-state index is -0.350. The quantitative estimate of drug-likeness (QED) is 0.815. The average molecular weight is 320 g/mol. The van der Waals surface area contributed by atoms with Crippen molar-refractivity contribution >= 4 is 17.4 Å². The number of imidazole rings is 1. The van der Waals surface area contributed by atoms with E-state index in [9.17, 15) is 14.0 Å². The van der Waals surface area contributed by atoms with E-state index in [1.54, 1.807) is 10.6 Å². The Kier molecular flexibility index (Phi) is 4.47. The number of hydrogen-bond donors (Lipinski definition) is 2. The number of carbonyl (C=O) groups is 1. The van der Waals surface area contributed by atoms with Gasteiger partial charge in [-0.2, -0.15) is 0 Å². The zero-order chi connectivity index (χ0) is 16.4. The first-order valence-electron chi connectivity index (χ1n) is 7.90. The van der Waals surface area contributed by atoms with E-state index in [2.05, 4.69) is 15.2 Å². The smallest absolute Gasteiger partial charge is 0.326 e. The van der Waals surface area contributed by atoms with Gasteiger partial charge in [-0.1, -0.05) is 0 Å². The van der Waals surface area contributed by atoms with Crippen molar-refractivity contribution in [2.45, 2.75) is 31.8 Å². The molecule has 0 spiro atoms. The molecule has 1 fully saturated rings. The number of hydrogen-bond acceptors (Lipinski definition) is 3. The molecule has 2 aromatic rings. The van der Waals surface area contributed by atoms with Crippen molar-refractivity contribution < 1.29 is 9.18 Å². The summed E-state index contributed by atoms with van der Waals surface area (Å²) < 4.78 is 15.0. The lowest BCUT2D eigenvalue weighted by atomic mass is 10.0. The molecule has 1 saturated heterocycles. The predicted molar refractivity (Wildman–Crippen MR) is 85.9 cm³/mol. The molecule has 2 heterocycles. The lowest BCUT2D eigenvalue weighted by molar-refractivity contribution is -0.110. The fourth-order valence-electron chi connectivity index (χ4n) is 3.38. The van der Waals surface area contributed by atoms with Crippen molar-refractivity contribution in [3.8, 4) is 0 Å². The molecule has 23 heavy (non-hydrogen) atoms. The molecular formula is C16H21FN4O2. The number of amides is 1. The summed E-state index contributed by atoms with van der Waals surface area (Å²) in [6.45, 7) is 4.52. The Labute approximate surface area is 133 Å². The summed E-state index contributed by atoms with van der Waals surface area (Å²) in [6.07, 6.45) is 2.44. The highest BCUT2D eigenvalue weighted by molar-refractivity contribution is 5.75. The van der Waals surface area contributed by atoms with E-state index in [1.165, 1.54) is 12.1 Å². The van der Waals surface area contributed by atoms with Gasteiger partial charge in [0, 0.05) is 31.7 Å². The van der Waals surface area contributed by atoms with Crippen LogP contribution in [0.3, 0.4) is 0 Å². The molecule has 124 valence electrons. The fourth-order valence-corrected chi connectivity index (χ4v) is 3.38. The summed E-state index contributed by atoms with van der Waals surface area (Å²) in [5.74, 6) is -0.350. The third-order valence-electron chi connectivity index (χ3n) is 4.49.